The maximum atomic E-state index is 13.8. The number of benzene rings is 1. The van der Waals surface area contributed by atoms with Crippen molar-refractivity contribution in [1.82, 2.24) is 19.7 Å². The van der Waals surface area contributed by atoms with Crippen LogP contribution in [0.3, 0.4) is 0 Å². The molecule has 0 bridgehead atoms. The lowest BCUT2D eigenvalue weighted by molar-refractivity contribution is -0.149. The molecule has 1 aliphatic heterocycles. The minimum absolute atomic E-state index is 0.176. The molecule has 0 aliphatic carbocycles. The molecule has 4 rings (SSSR count). The third-order valence-electron chi connectivity index (χ3n) is 5.97. The first-order chi connectivity index (χ1) is 18.5. The van der Waals surface area contributed by atoms with Crippen molar-refractivity contribution in [1.29, 1.82) is 0 Å². The third kappa shape index (κ3) is 5.91. The Morgan fingerprint density at radius 3 is 2.67 bits per heavy atom. The summed E-state index contributed by atoms with van der Waals surface area (Å²) in [5.74, 6) is 2.02. The Bertz CT molecular complexity index is 1410. The Hall–Kier alpha value is -3.50. The van der Waals surface area contributed by atoms with Gasteiger partial charge in [-0.1, -0.05) is 24.1 Å². The molecule has 5 N–H and O–H groups in total. The summed E-state index contributed by atoms with van der Waals surface area (Å²) in [7, 11) is -4.34. The van der Waals surface area contributed by atoms with Gasteiger partial charge in [0.05, 0.1) is 11.8 Å². The number of hydrogen-bond donors (Lipinski definition) is 4. The molecule has 0 amide bonds. The minimum Gasteiger partial charge on any atom is -0.462 e. The van der Waals surface area contributed by atoms with E-state index in [0.717, 1.165) is 0 Å². The second kappa shape index (κ2) is 11.3. The molecular formula is C25H30N5O8P. The van der Waals surface area contributed by atoms with Gasteiger partial charge in [-0.25, -0.2) is 14.1 Å². The number of aliphatic hydroxyl groups is 2. The molecule has 2 aromatic heterocycles. The van der Waals surface area contributed by atoms with E-state index in [-0.39, 0.29) is 11.6 Å². The van der Waals surface area contributed by atoms with Crippen LogP contribution in [-0.2, 0) is 23.4 Å². The number of carbonyl (C=O) groups is 1. The molecule has 0 radical (unpaired) electrons. The fourth-order valence-electron chi connectivity index (χ4n) is 4.03. The highest BCUT2D eigenvalue weighted by Gasteiger charge is 2.56. The van der Waals surface area contributed by atoms with Gasteiger partial charge >= 0.3 is 13.7 Å². The van der Waals surface area contributed by atoms with Crippen molar-refractivity contribution in [3.8, 4) is 18.1 Å². The van der Waals surface area contributed by atoms with Crippen LogP contribution in [0.4, 0.5) is 5.82 Å². The quantitative estimate of drug-likeness (QED) is 0.160. The van der Waals surface area contributed by atoms with Gasteiger partial charge in [-0.15, -0.1) is 6.42 Å². The number of aliphatic hydroxyl groups excluding tert-OH is 2. The van der Waals surface area contributed by atoms with E-state index >= 15 is 0 Å². The normalized spacial score (nSPS) is 25.2. The molecule has 3 heterocycles. The number of hydrogen-bond acceptors (Lipinski definition) is 11. The van der Waals surface area contributed by atoms with Crippen molar-refractivity contribution in [3.63, 3.8) is 0 Å². The highest BCUT2D eigenvalue weighted by Crippen LogP contribution is 2.48. The Balaban J connectivity index is 1.59. The smallest absolute Gasteiger partial charge is 0.459 e. The third-order valence-corrected chi connectivity index (χ3v) is 7.59. The van der Waals surface area contributed by atoms with Gasteiger partial charge in [-0.2, -0.15) is 10.2 Å². The van der Waals surface area contributed by atoms with Gasteiger partial charge in [-0.3, -0.25) is 9.32 Å². The number of fused-ring (bicyclic) bond motifs is 1. The van der Waals surface area contributed by atoms with Gasteiger partial charge in [-0.05, 0) is 45.0 Å². The molecular weight excluding hydrogens is 529 g/mol. The fraction of sp³-hybridized carbons (Fsp3) is 0.400. The first kappa shape index (κ1) is 28.5. The number of nitrogen functional groups attached to an aromatic ring is 1. The summed E-state index contributed by atoms with van der Waals surface area (Å²) in [5.41, 5.74) is 4.74. The Morgan fingerprint density at radius 1 is 1.28 bits per heavy atom. The first-order valence-electron chi connectivity index (χ1n) is 12.1. The van der Waals surface area contributed by atoms with E-state index in [1.165, 1.54) is 29.9 Å². The Morgan fingerprint density at radius 2 is 2.00 bits per heavy atom. The number of para-hydroxylation sites is 1. The van der Waals surface area contributed by atoms with E-state index in [4.69, 9.17) is 30.7 Å². The van der Waals surface area contributed by atoms with Crippen molar-refractivity contribution >= 4 is 25.1 Å². The molecule has 3 aromatic rings. The van der Waals surface area contributed by atoms with E-state index in [1.807, 2.05) is 0 Å². The topological polar surface area (TPSA) is 180 Å². The predicted molar refractivity (Wildman–Crippen MR) is 139 cm³/mol. The van der Waals surface area contributed by atoms with E-state index < -0.39 is 56.4 Å². The van der Waals surface area contributed by atoms with Crippen LogP contribution in [0.15, 0.2) is 48.8 Å². The number of esters is 1. The zero-order chi connectivity index (χ0) is 28.4. The van der Waals surface area contributed by atoms with Gasteiger partial charge in [0.1, 0.15) is 48.6 Å². The molecule has 6 atom stereocenters. The average molecular weight is 560 g/mol. The lowest BCUT2D eigenvalue weighted by Crippen LogP contribution is -2.46. The van der Waals surface area contributed by atoms with Crippen molar-refractivity contribution in [2.24, 2.45) is 0 Å². The number of ether oxygens (including phenoxy) is 2. The van der Waals surface area contributed by atoms with Crippen LogP contribution in [0.5, 0.6) is 5.75 Å². The number of rotatable bonds is 10. The number of nitrogens with two attached hydrogens (primary N) is 1. The number of terminal acetylenes is 1. The van der Waals surface area contributed by atoms with Gasteiger partial charge in [0.2, 0.25) is 0 Å². The minimum atomic E-state index is -4.34. The molecule has 1 aliphatic rings. The molecule has 39 heavy (non-hydrogen) atoms. The summed E-state index contributed by atoms with van der Waals surface area (Å²) >= 11 is 0. The van der Waals surface area contributed by atoms with Crippen LogP contribution in [0.25, 0.3) is 5.52 Å². The van der Waals surface area contributed by atoms with E-state index in [0.29, 0.717) is 11.2 Å². The van der Waals surface area contributed by atoms with Gasteiger partial charge < -0.3 is 29.9 Å². The van der Waals surface area contributed by atoms with Gasteiger partial charge in [0, 0.05) is 0 Å². The van der Waals surface area contributed by atoms with Crippen molar-refractivity contribution in [2.45, 2.75) is 56.8 Å². The Kier molecular flexibility index (Phi) is 8.27. The van der Waals surface area contributed by atoms with Crippen LogP contribution in [0.2, 0.25) is 0 Å². The molecule has 14 heteroatoms. The van der Waals surface area contributed by atoms with E-state index in [1.54, 1.807) is 44.2 Å². The maximum Gasteiger partial charge on any atom is 0.459 e. The summed E-state index contributed by atoms with van der Waals surface area (Å²) in [6.07, 6.45) is 2.25. The van der Waals surface area contributed by atoms with Crippen LogP contribution in [0.1, 0.15) is 32.6 Å². The highest BCUT2D eigenvalue weighted by atomic mass is 31.2. The lowest BCUT2D eigenvalue weighted by Gasteiger charge is -2.29. The van der Waals surface area contributed by atoms with Gasteiger partial charge in [0.15, 0.2) is 11.4 Å². The number of anilines is 1. The number of carbonyl (C=O) groups excluding carboxylic acids is 1. The summed E-state index contributed by atoms with van der Waals surface area (Å²) in [5, 5.41) is 28.5. The summed E-state index contributed by atoms with van der Waals surface area (Å²) < 4.78 is 37.7. The van der Waals surface area contributed by atoms with Crippen LogP contribution >= 0.6 is 7.75 Å². The van der Waals surface area contributed by atoms with Crippen LogP contribution in [-0.4, -0.2) is 67.3 Å². The van der Waals surface area contributed by atoms with E-state index in [2.05, 4.69) is 21.1 Å². The first-order valence-corrected chi connectivity index (χ1v) is 13.6. The molecule has 0 saturated carbocycles. The fourth-order valence-corrected chi connectivity index (χ4v) is 5.55. The maximum absolute atomic E-state index is 13.8. The molecule has 1 aromatic carbocycles. The SMILES string of the molecule is C#C[C@]1(CO[P@@](=O)(N[C@@H](C)C(=O)OC(C)C)Oc2ccccc2)O[C@@H](c2ccc3c(N)ncnn23)C(O)[C@H]1O. The highest BCUT2D eigenvalue weighted by molar-refractivity contribution is 7.52. The zero-order valence-corrected chi connectivity index (χ0v) is 22.4. The molecule has 1 unspecified atom stereocenters. The number of nitrogens with zero attached hydrogens (tertiary/aromatic N) is 3. The average Bonchev–Trinajstić information content (AvgIpc) is 3.43. The summed E-state index contributed by atoms with van der Waals surface area (Å²) in [4.78, 5) is 16.3. The second-order valence-corrected chi connectivity index (χ2v) is 10.9. The lowest BCUT2D eigenvalue weighted by atomic mass is 9.96. The molecule has 1 saturated heterocycles. The standard InChI is InChI=1S/C25H30N5O8P/c1-5-25(22(32)20(31)21(37-25)18-11-12-19-23(26)27-14-28-30(18)19)13-35-39(34,38-17-9-7-6-8-10-17)29-16(4)24(33)36-15(2)3/h1,6-12,14-16,20-22,31-32H,13H2,2-4H3,(H,29,34)(H2,26,27,28)/t16-,20?,21-,22+,25+,39-/m0/s1. The largest absolute Gasteiger partial charge is 0.462 e. The monoisotopic (exact) mass is 559 g/mol. The van der Waals surface area contributed by atoms with Crippen molar-refractivity contribution < 1.29 is 38.1 Å². The Labute approximate surface area is 224 Å². The van der Waals surface area contributed by atoms with Crippen molar-refractivity contribution in [3.05, 3.63) is 54.5 Å². The number of nitrogens with one attached hydrogen (secondary N) is 1. The molecule has 13 nitrogen and oxygen atoms in total. The summed E-state index contributed by atoms with van der Waals surface area (Å²) in [6.45, 7) is 4.10. The number of aromatic nitrogens is 3. The molecule has 1 fully saturated rings. The van der Waals surface area contributed by atoms with E-state index in [9.17, 15) is 19.6 Å². The van der Waals surface area contributed by atoms with Crippen LogP contribution in [0, 0.1) is 12.3 Å². The zero-order valence-electron chi connectivity index (χ0n) is 21.5. The second-order valence-electron chi connectivity index (χ2n) is 9.22. The molecule has 208 valence electrons. The van der Waals surface area contributed by atoms with Crippen LogP contribution < -0.4 is 15.3 Å². The van der Waals surface area contributed by atoms with Crippen molar-refractivity contribution in [2.75, 3.05) is 12.3 Å². The summed E-state index contributed by atoms with van der Waals surface area (Å²) in [6, 6.07) is 10.2. The van der Waals surface area contributed by atoms with Gasteiger partial charge in [0.25, 0.3) is 0 Å². The molecule has 0 spiro atoms. The predicted octanol–water partition coefficient (Wildman–Crippen LogP) is 1.61.